The average molecular weight is 193 g/mol. The van der Waals surface area contributed by atoms with Crippen molar-refractivity contribution in [3.63, 3.8) is 0 Å². The minimum absolute atomic E-state index is 0.527. The van der Waals surface area contributed by atoms with Crippen molar-refractivity contribution in [1.82, 2.24) is 0 Å². The predicted molar refractivity (Wildman–Crippen MR) is 55.9 cm³/mol. The Labute approximate surface area is 83.0 Å². The summed E-state index contributed by atoms with van der Waals surface area (Å²) in [7, 11) is 0.229. The quantitative estimate of drug-likeness (QED) is 0.569. The molecule has 0 bridgehead atoms. The van der Waals surface area contributed by atoms with Crippen molar-refractivity contribution in [1.29, 1.82) is 0 Å². The summed E-state index contributed by atoms with van der Waals surface area (Å²) in [5.74, 6) is 0.647. The van der Waals surface area contributed by atoms with E-state index in [-0.39, 0.29) is 0 Å². The van der Waals surface area contributed by atoms with Gasteiger partial charge in [0.25, 0.3) is 0 Å². The predicted octanol–water partition coefficient (Wildman–Crippen LogP) is 0.766. The molecule has 0 spiro atoms. The molecular formula is C9H12BNO3. The van der Waals surface area contributed by atoms with E-state index < -0.39 is 7.05 Å². The van der Waals surface area contributed by atoms with E-state index in [0.717, 1.165) is 11.1 Å². The first-order valence-corrected chi connectivity index (χ1v) is 4.26. The van der Waals surface area contributed by atoms with Gasteiger partial charge in [-0.2, -0.15) is 4.91 Å². The lowest BCUT2D eigenvalue weighted by molar-refractivity contribution is 0.412. The zero-order chi connectivity index (χ0) is 10.7. The number of aryl methyl sites for hydroxylation is 1. The Kier molecular flexibility index (Phi) is 3.25. The fourth-order valence-corrected chi connectivity index (χ4v) is 1.52. The van der Waals surface area contributed by atoms with Gasteiger partial charge in [0.2, 0.25) is 0 Å². The summed E-state index contributed by atoms with van der Waals surface area (Å²) in [4.78, 5) is 10.3. The number of ether oxygens (including phenoxy) is 1. The van der Waals surface area contributed by atoms with Crippen LogP contribution in [0, 0.1) is 18.8 Å². The van der Waals surface area contributed by atoms with Crippen LogP contribution in [0.4, 0.5) is 0 Å². The van der Waals surface area contributed by atoms with E-state index in [0.29, 0.717) is 11.2 Å². The van der Waals surface area contributed by atoms with E-state index in [9.17, 15) is 9.93 Å². The number of rotatable bonds is 3. The fraction of sp³-hybridized carbons (Fsp3) is 0.333. The zero-order valence-corrected chi connectivity index (χ0v) is 8.44. The van der Waals surface area contributed by atoms with Crippen LogP contribution < -0.4 is 10.2 Å². The molecule has 1 aromatic rings. The maximum atomic E-state index is 10.3. The van der Waals surface area contributed by atoms with Gasteiger partial charge >= 0.3 is 7.05 Å². The van der Waals surface area contributed by atoms with Gasteiger partial charge in [-0.3, -0.25) is 0 Å². The third kappa shape index (κ3) is 1.77. The molecule has 0 atom stereocenters. The normalized spacial score (nSPS) is 9.71. The Morgan fingerprint density at radius 1 is 1.43 bits per heavy atom. The Bertz CT molecular complexity index is 354. The lowest BCUT2D eigenvalue weighted by atomic mass is 9.70. The molecule has 0 aliphatic carbocycles. The lowest BCUT2D eigenvalue weighted by Crippen LogP contribution is -2.32. The van der Waals surface area contributed by atoms with Gasteiger partial charge in [-0.15, -0.1) is 0 Å². The maximum Gasteiger partial charge on any atom is 0.518 e. The van der Waals surface area contributed by atoms with E-state index in [1.165, 1.54) is 0 Å². The SMILES string of the molecule is COc1ccc(C)c(B(O)N=O)c1C. The first-order chi connectivity index (χ1) is 6.61. The van der Waals surface area contributed by atoms with Crippen molar-refractivity contribution in [3.05, 3.63) is 28.2 Å². The first-order valence-electron chi connectivity index (χ1n) is 4.26. The molecule has 0 aliphatic rings. The molecule has 14 heavy (non-hydrogen) atoms. The molecule has 0 saturated heterocycles. The molecule has 0 unspecified atom stereocenters. The van der Waals surface area contributed by atoms with Gasteiger partial charge < -0.3 is 9.76 Å². The van der Waals surface area contributed by atoms with Crippen molar-refractivity contribution < 1.29 is 9.76 Å². The van der Waals surface area contributed by atoms with Crippen LogP contribution >= 0.6 is 0 Å². The van der Waals surface area contributed by atoms with Crippen LogP contribution in [0.3, 0.4) is 0 Å². The lowest BCUT2D eigenvalue weighted by Gasteiger charge is -2.11. The molecule has 0 radical (unpaired) electrons. The Hall–Kier alpha value is -1.36. The second-order valence-electron chi connectivity index (χ2n) is 3.10. The third-order valence-corrected chi connectivity index (χ3v) is 2.26. The second kappa shape index (κ2) is 4.24. The molecule has 0 fully saturated rings. The van der Waals surface area contributed by atoms with Gasteiger partial charge in [0.15, 0.2) is 0 Å². The third-order valence-electron chi connectivity index (χ3n) is 2.26. The number of benzene rings is 1. The highest BCUT2D eigenvalue weighted by atomic mass is 16.5. The monoisotopic (exact) mass is 193 g/mol. The number of nitrogens with zero attached hydrogens (tertiary/aromatic N) is 1. The Balaban J connectivity index is 3.31. The Morgan fingerprint density at radius 3 is 2.57 bits per heavy atom. The summed E-state index contributed by atoms with van der Waals surface area (Å²) < 4.78 is 5.08. The first kappa shape index (κ1) is 10.7. The van der Waals surface area contributed by atoms with Crippen LogP contribution in [0.2, 0.25) is 0 Å². The van der Waals surface area contributed by atoms with Gasteiger partial charge in [-0.1, -0.05) is 16.7 Å². The summed E-state index contributed by atoms with van der Waals surface area (Å²) in [5, 5.41) is 12.0. The van der Waals surface area contributed by atoms with Gasteiger partial charge in [0.1, 0.15) is 5.75 Å². The molecular weight excluding hydrogens is 181 g/mol. The molecule has 74 valence electrons. The molecule has 0 heterocycles. The fourth-order valence-electron chi connectivity index (χ4n) is 1.52. The van der Waals surface area contributed by atoms with Gasteiger partial charge in [0.05, 0.1) is 7.11 Å². The molecule has 0 aliphatic heterocycles. The van der Waals surface area contributed by atoms with Gasteiger partial charge in [-0.05, 0) is 30.9 Å². The van der Waals surface area contributed by atoms with Crippen LogP contribution in [0.1, 0.15) is 11.1 Å². The van der Waals surface area contributed by atoms with Crippen LogP contribution in [-0.2, 0) is 0 Å². The van der Waals surface area contributed by atoms with Crippen LogP contribution in [0.5, 0.6) is 5.75 Å². The van der Waals surface area contributed by atoms with Crippen molar-refractivity contribution in [2.45, 2.75) is 13.8 Å². The standard InChI is InChI=1S/C9H12BNO3/c1-6-4-5-8(14-3)7(2)9(6)10(12)11-13/h4-5,12H,1-3H3. The van der Waals surface area contributed by atoms with Crippen molar-refractivity contribution in [3.8, 4) is 5.75 Å². The molecule has 1 aromatic carbocycles. The van der Waals surface area contributed by atoms with E-state index in [1.807, 2.05) is 6.92 Å². The van der Waals surface area contributed by atoms with Crippen molar-refractivity contribution in [2.24, 2.45) is 5.09 Å². The smallest absolute Gasteiger partial charge is 0.497 e. The molecule has 4 nitrogen and oxygen atoms in total. The molecule has 0 saturated carbocycles. The number of methoxy groups -OCH3 is 1. The topological polar surface area (TPSA) is 58.9 Å². The Morgan fingerprint density at radius 2 is 2.07 bits per heavy atom. The number of hydrogen-bond donors (Lipinski definition) is 1. The molecule has 1 N–H and O–H groups in total. The minimum atomic E-state index is -1.31. The van der Waals surface area contributed by atoms with E-state index in [2.05, 4.69) is 5.09 Å². The highest BCUT2D eigenvalue weighted by Crippen LogP contribution is 2.16. The summed E-state index contributed by atoms with van der Waals surface area (Å²) >= 11 is 0. The molecule has 0 amide bonds. The van der Waals surface area contributed by atoms with E-state index >= 15 is 0 Å². The summed E-state index contributed by atoms with van der Waals surface area (Å²) in [6, 6.07) is 3.58. The van der Waals surface area contributed by atoms with Crippen LogP contribution in [0.15, 0.2) is 17.2 Å². The summed E-state index contributed by atoms with van der Waals surface area (Å²) in [6.07, 6.45) is 0. The highest BCUT2D eigenvalue weighted by molar-refractivity contribution is 6.65. The second-order valence-corrected chi connectivity index (χ2v) is 3.10. The minimum Gasteiger partial charge on any atom is -0.497 e. The van der Waals surface area contributed by atoms with Crippen molar-refractivity contribution in [2.75, 3.05) is 7.11 Å². The number of hydrogen-bond acceptors (Lipinski definition) is 4. The van der Waals surface area contributed by atoms with Gasteiger partial charge in [0, 0.05) is 0 Å². The van der Waals surface area contributed by atoms with E-state index in [4.69, 9.17) is 4.74 Å². The molecule has 1 rings (SSSR count). The van der Waals surface area contributed by atoms with Crippen LogP contribution in [0.25, 0.3) is 0 Å². The average Bonchev–Trinajstić information content (AvgIpc) is 2.18. The maximum absolute atomic E-state index is 10.3. The zero-order valence-electron chi connectivity index (χ0n) is 8.44. The largest absolute Gasteiger partial charge is 0.518 e. The summed E-state index contributed by atoms with van der Waals surface area (Å²) in [5.41, 5.74) is 2.11. The molecule has 0 aromatic heterocycles. The van der Waals surface area contributed by atoms with E-state index in [1.54, 1.807) is 26.2 Å². The molecule has 5 heteroatoms. The van der Waals surface area contributed by atoms with Crippen LogP contribution in [-0.4, -0.2) is 19.2 Å². The van der Waals surface area contributed by atoms with Gasteiger partial charge in [-0.25, -0.2) is 0 Å². The van der Waals surface area contributed by atoms with Crippen molar-refractivity contribution >= 4 is 12.5 Å². The number of nitroso groups, excluding NO2 is 1. The highest BCUT2D eigenvalue weighted by Gasteiger charge is 2.22. The summed E-state index contributed by atoms with van der Waals surface area (Å²) in [6.45, 7) is 3.60.